The minimum atomic E-state index is -0.155. The summed E-state index contributed by atoms with van der Waals surface area (Å²) in [7, 11) is 1.65. The summed E-state index contributed by atoms with van der Waals surface area (Å²) in [6.07, 6.45) is 0. The van der Waals surface area contributed by atoms with Gasteiger partial charge < -0.3 is 15.0 Å². The van der Waals surface area contributed by atoms with Gasteiger partial charge in [0.15, 0.2) is 11.4 Å². The lowest BCUT2D eigenvalue weighted by atomic mass is 10.1. The molecule has 0 aliphatic carbocycles. The molecular formula is C20H20ClN4O2S+. The molecule has 3 N–H and O–H groups in total. The van der Waals surface area contributed by atoms with Crippen LogP contribution < -0.4 is 20.5 Å². The second-order valence-corrected chi connectivity index (χ2v) is 7.53. The predicted octanol–water partition coefficient (Wildman–Crippen LogP) is 2.53. The third kappa shape index (κ3) is 3.69. The molecule has 1 atom stereocenters. The first kappa shape index (κ1) is 18.7. The molecule has 1 unspecified atom stereocenters. The lowest BCUT2D eigenvalue weighted by Crippen LogP contribution is -3.11. The average molecular weight is 416 g/mol. The van der Waals surface area contributed by atoms with Crippen LogP contribution in [0.1, 0.15) is 11.1 Å². The van der Waals surface area contributed by atoms with E-state index in [1.165, 1.54) is 10.5 Å². The van der Waals surface area contributed by atoms with E-state index in [-0.39, 0.29) is 5.56 Å². The third-order valence-corrected chi connectivity index (χ3v) is 5.34. The van der Waals surface area contributed by atoms with Crippen molar-refractivity contribution in [1.82, 2.24) is 9.55 Å². The molecule has 2 heterocycles. The highest BCUT2D eigenvalue weighted by Gasteiger charge is 2.25. The summed E-state index contributed by atoms with van der Waals surface area (Å²) < 4.78 is 7.39. The number of aromatic nitrogens is 2. The summed E-state index contributed by atoms with van der Waals surface area (Å²) in [6, 6.07) is 15.4. The third-order valence-electron chi connectivity index (χ3n) is 4.82. The van der Waals surface area contributed by atoms with Gasteiger partial charge in [0.05, 0.1) is 12.8 Å². The van der Waals surface area contributed by atoms with E-state index in [2.05, 4.69) is 10.3 Å². The molecule has 1 aliphatic rings. The normalized spacial score (nSPS) is 15.6. The largest absolute Gasteiger partial charge is 0.497 e. The molecule has 0 amide bonds. The van der Waals surface area contributed by atoms with E-state index in [0.29, 0.717) is 28.6 Å². The Bertz CT molecular complexity index is 1120. The number of nitrogens with zero attached hydrogens (tertiary/aromatic N) is 1. The first-order chi connectivity index (χ1) is 13.5. The maximum Gasteiger partial charge on any atom is 0.262 e. The van der Waals surface area contributed by atoms with Gasteiger partial charge in [-0.15, -0.1) is 0 Å². The van der Waals surface area contributed by atoms with Crippen LogP contribution in [0.25, 0.3) is 5.69 Å². The van der Waals surface area contributed by atoms with Gasteiger partial charge in [-0.25, -0.2) is 0 Å². The minimum absolute atomic E-state index is 0.155. The maximum absolute atomic E-state index is 12.6. The molecule has 1 aliphatic heterocycles. The highest BCUT2D eigenvalue weighted by molar-refractivity contribution is 7.71. The van der Waals surface area contributed by atoms with Crippen LogP contribution in [0.3, 0.4) is 0 Å². The van der Waals surface area contributed by atoms with E-state index in [1.807, 2.05) is 47.0 Å². The van der Waals surface area contributed by atoms with Gasteiger partial charge in [-0.05, 0) is 54.7 Å². The van der Waals surface area contributed by atoms with E-state index in [9.17, 15) is 4.79 Å². The first-order valence-corrected chi connectivity index (χ1v) is 9.68. The van der Waals surface area contributed by atoms with Crippen LogP contribution in [0, 0.1) is 4.77 Å². The molecule has 0 radical (unpaired) electrons. The van der Waals surface area contributed by atoms with Crippen LogP contribution in [0.4, 0.5) is 5.82 Å². The Labute approximate surface area is 172 Å². The number of quaternary nitrogens is 1. The van der Waals surface area contributed by atoms with Crippen molar-refractivity contribution in [3.63, 3.8) is 0 Å². The fourth-order valence-corrected chi connectivity index (χ4v) is 3.94. The van der Waals surface area contributed by atoms with E-state index in [1.54, 1.807) is 13.2 Å². The van der Waals surface area contributed by atoms with Crippen molar-refractivity contribution in [3.8, 4) is 11.4 Å². The smallest absolute Gasteiger partial charge is 0.262 e. The van der Waals surface area contributed by atoms with Crippen LogP contribution >= 0.6 is 23.8 Å². The van der Waals surface area contributed by atoms with Gasteiger partial charge in [0.25, 0.3) is 5.56 Å². The number of fused-ring (bicyclic) bond motifs is 1. The number of halogens is 1. The molecule has 8 heteroatoms. The highest BCUT2D eigenvalue weighted by Crippen LogP contribution is 2.22. The number of aromatic amines is 1. The second-order valence-electron chi connectivity index (χ2n) is 6.71. The zero-order valence-electron chi connectivity index (χ0n) is 15.3. The fourth-order valence-electron chi connectivity index (χ4n) is 3.46. The van der Waals surface area contributed by atoms with Crippen LogP contribution in [0.2, 0.25) is 5.02 Å². The molecular weight excluding hydrogens is 396 g/mol. The van der Waals surface area contributed by atoms with Gasteiger partial charge in [0.1, 0.15) is 30.2 Å². The lowest BCUT2D eigenvalue weighted by molar-refractivity contribution is -0.926. The van der Waals surface area contributed by atoms with E-state index >= 15 is 0 Å². The van der Waals surface area contributed by atoms with Crippen LogP contribution in [0.15, 0.2) is 53.3 Å². The molecule has 0 bridgehead atoms. The summed E-state index contributed by atoms with van der Waals surface area (Å²) in [4.78, 5) is 16.6. The average Bonchev–Trinajstić information content (AvgIpc) is 2.69. The molecule has 3 aromatic rings. The SMILES string of the molecule is COc1ccc(C[NH+]2CNc3c(c(=O)[nH]c(=S)n3-c3cccc(Cl)c3)C2)cc1. The number of hydrogen-bond acceptors (Lipinski definition) is 4. The highest BCUT2D eigenvalue weighted by atomic mass is 35.5. The number of anilines is 1. The van der Waals surface area contributed by atoms with Crippen molar-refractivity contribution < 1.29 is 9.64 Å². The van der Waals surface area contributed by atoms with Crippen LogP contribution in [0.5, 0.6) is 5.75 Å². The van der Waals surface area contributed by atoms with Gasteiger partial charge in [0.2, 0.25) is 0 Å². The number of methoxy groups -OCH3 is 1. The van der Waals surface area contributed by atoms with Crippen LogP contribution in [-0.2, 0) is 13.1 Å². The topological polar surface area (TPSA) is 63.5 Å². The van der Waals surface area contributed by atoms with Crippen molar-refractivity contribution in [1.29, 1.82) is 0 Å². The van der Waals surface area contributed by atoms with Crippen molar-refractivity contribution in [2.75, 3.05) is 19.1 Å². The molecule has 0 spiro atoms. The molecule has 0 fully saturated rings. The Hall–Kier alpha value is -2.61. The minimum Gasteiger partial charge on any atom is -0.497 e. The van der Waals surface area contributed by atoms with Gasteiger partial charge >= 0.3 is 0 Å². The Morgan fingerprint density at radius 1 is 1.25 bits per heavy atom. The second kappa shape index (κ2) is 7.79. The fraction of sp³-hybridized carbons (Fsp3) is 0.200. The maximum atomic E-state index is 12.6. The van der Waals surface area contributed by atoms with Crippen molar-refractivity contribution >= 4 is 29.6 Å². The zero-order chi connectivity index (χ0) is 19.7. The van der Waals surface area contributed by atoms with Gasteiger partial charge in [0, 0.05) is 10.6 Å². The van der Waals surface area contributed by atoms with Crippen molar-refractivity contribution in [2.24, 2.45) is 0 Å². The number of rotatable bonds is 4. The van der Waals surface area contributed by atoms with Gasteiger partial charge in [-0.1, -0.05) is 17.7 Å². The lowest BCUT2D eigenvalue weighted by Gasteiger charge is -2.28. The number of ether oxygens (including phenoxy) is 1. The quantitative estimate of drug-likeness (QED) is 0.573. The van der Waals surface area contributed by atoms with E-state index < -0.39 is 0 Å². The summed E-state index contributed by atoms with van der Waals surface area (Å²) in [5, 5.41) is 4.01. The Morgan fingerprint density at radius 2 is 2.04 bits per heavy atom. The van der Waals surface area contributed by atoms with Gasteiger partial charge in [-0.2, -0.15) is 0 Å². The first-order valence-electron chi connectivity index (χ1n) is 8.89. The predicted molar refractivity (Wildman–Crippen MR) is 112 cm³/mol. The monoisotopic (exact) mass is 415 g/mol. The van der Waals surface area contributed by atoms with Crippen molar-refractivity contribution in [2.45, 2.75) is 13.1 Å². The zero-order valence-corrected chi connectivity index (χ0v) is 16.9. The number of hydrogen-bond donors (Lipinski definition) is 3. The molecule has 144 valence electrons. The number of nitrogens with one attached hydrogen (secondary N) is 3. The summed E-state index contributed by atoms with van der Waals surface area (Å²) >= 11 is 11.6. The molecule has 0 saturated carbocycles. The van der Waals surface area contributed by atoms with E-state index in [0.717, 1.165) is 23.8 Å². The van der Waals surface area contributed by atoms with Crippen molar-refractivity contribution in [3.05, 3.63) is 79.8 Å². The van der Waals surface area contributed by atoms with Gasteiger partial charge in [-0.3, -0.25) is 14.3 Å². The molecule has 2 aromatic carbocycles. The molecule has 1 aromatic heterocycles. The molecule has 0 saturated heterocycles. The standard InChI is InChI=1S/C20H19ClN4O2S/c1-27-16-7-5-13(6-8-16)10-24-11-17-18(22-12-24)25(20(28)23-19(17)26)15-4-2-3-14(21)9-15/h2-9,22H,10-12H2,1H3,(H,23,26,28)/p+1. The molecule has 6 nitrogen and oxygen atoms in total. The van der Waals surface area contributed by atoms with E-state index in [4.69, 9.17) is 28.6 Å². The van der Waals surface area contributed by atoms with Crippen LogP contribution in [-0.4, -0.2) is 23.3 Å². The molecule has 4 rings (SSSR count). The number of benzene rings is 2. The number of H-pyrrole nitrogens is 1. The summed E-state index contributed by atoms with van der Waals surface area (Å²) in [5.74, 6) is 1.56. The Balaban J connectivity index is 1.66. The Morgan fingerprint density at radius 3 is 2.75 bits per heavy atom. The molecule has 28 heavy (non-hydrogen) atoms. The summed E-state index contributed by atoms with van der Waals surface area (Å²) in [6.45, 7) is 2.07. The Kier molecular flexibility index (Phi) is 5.21. The summed E-state index contributed by atoms with van der Waals surface area (Å²) in [5.41, 5.74) is 2.53.